The zero-order valence-electron chi connectivity index (χ0n) is 13.8. The molecule has 4 nitrogen and oxygen atoms in total. The summed E-state index contributed by atoms with van der Waals surface area (Å²) in [7, 11) is 4.06. The summed E-state index contributed by atoms with van der Waals surface area (Å²) in [5.74, 6) is 0.412. The van der Waals surface area contributed by atoms with Gasteiger partial charge in [-0.25, -0.2) is 0 Å². The van der Waals surface area contributed by atoms with Crippen molar-refractivity contribution in [2.45, 2.75) is 44.9 Å². The lowest BCUT2D eigenvalue weighted by Gasteiger charge is -2.27. The SMILES string of the molecule is CC(C)c1nn(C)cc1CN(C)[C@H]1Cc2ccccc2[C@H]1O. The van der Waals surface area contributed by atoms with Crippen LogP contribution in [0.3, 0.4) is 0 Å². The average molecular weight is 299 g/mol. The van der Waals surface area contributed by atoms with Gasteiger partial charge in [-0.2, -0.15) is 5.10 Å². The van der Waals surface area contributed by atoms with Gasteiger partial charge in [0.25, 0.3) is 0 Å². The minimum atomic E-state index is -0.402. The van der Waals surface area contributed by atoms with E-state index in [1.807, 2.05) is 29.9 Å². The van der Waals surface area contributed by atoms with Gasteiger partial charge in [-0.15, -0.1) is 0 Å². The number of aliphatic hydroxyl groups excluding tert-OH is 1. The largest absolute Gasteiger partial charge is 0.387 e. The second-order valence-corrected chi connectivity index (χ2v) is 6.70. The van der Waals surface area contributed by atoms with Crippen molar-refractivity contribution in [1.29, 1.82) is 0 Å². The number of hydrogen-bond acceptors (Lipinski definition) is 3. The predicted molar refractivity (Wildman–Crippen MR) is 87.7 cm³/mol. The maximum Gasteiger partial charge on any atom is 0.0951 e. The molecule has 4 heteroatoms. The van der Waals surface area contributed by atoms with Crippen LogP contribution in [-0.4, -0.2) is 32.9 Å². The number of aliphatic hydroxyl groups is 1. The molecule has 0 saturated carbocycles. The van der Waals surface area contributed by atoms with Crippen LogP contribution in [-0.2, 0) is 20.0 Å². The number of likely N-dealkylation sites (N-methyl/N-ethyl adjacent to an activating group) is 1. The molecule has 3 rings (SSSR count). The summed E-state index contributed by atoms with van der Waals surface area (Å²) in [4.78, 5) is 2.26. The van der Waals surface area contributed by atoms with E-state index in [0.29, 0.717) is 5.92 Å². The lowest BCUT2D eigenvalue weighted by atomic mass is 10.0. The topological polar surface area (TPSA) is 41.3 Å². The van der Waals surface area contributed by atoms with Crippen molar-refractivity contribution in [1.82, 2.24) is 14.7 Å². The van der Waals surface area contributed by atoms with Gasteiger partial charge in [-0.3, -0.25) is 9.58 Å². The summed E-state index contributed by atoms with van der Waals surface area (Å²) in [6.45, 7) is 5.16. The van der Waals surface area contributed by atoms with E-state index in [4.69, 9.17) is 0 Å². The summed E-state index contributed by atoms with van der Waals surface area (Å²) in [5.41, 5.74) is 4.75. The van der Waals surface area contributed by atoms with Gasteiger partial charge in [0.1, 0.15) is 0 Å². The smallest absolute Gasteiger partial charge is 0.0951 e. The highest BCUT2D eigenvalue weighted by Gasteiger charge is 2.33. The van der Waals surface area contributed by atoms with Gasteiger partial charge in [0, 0.05) is 31.4 Å². The van der Waals surface area contributed by atoms with Crippen molar-refractivity contribution in [2.75, 3.05) is 7.05 Å². The molecule has 0 unspecified atom stereocenters. The third-order valence-corrected chi connectivity index (χ3v) is 4.64. The van der Waals surface area contributed by atoms with Crippen LogP contribution in [0.5, 0.6) is 0 Å². The first-order valence-corrected chi connectivity index (χ1v) is 7.96. The van der Waals surface area contributed by atoms with Gasteiger partial charge >= 0.3 is 0 Å². The molecule has 0 bridgehead atoms. The molecule has 0 radical (unpaired) electrons. The lowest BCUT2D eigenvalue weighted by Crippen LogP contribution is -2.34. The molecule has 118 valence electrons. The molecule has 0 spiro atoms. The maximum absolute atomic E-state index is 10.6. The van der Waals surface area contributed by atoms with Crippen LogP contribution < -0.4 is 0 Å². The summed E-state index contributed by atoms with van der Waals surface area (Å²) < 4.78 is 1.89. The van der Waals surface area contributed by atoms with Crippen molar-refractivity contribution in [3.8, 4) is 0 Å². The molecule has 1 aliphatic rings. The normalized spacial score (nSPS) is 20.9. The third kappa shape index (κ3) is 2.69. The number of benzene rings is 1. The molecule has 0 amide bonds. The number of hydrogen-bond donors (Lipinski definition) is 1. The molecule has 1 heterocycles. The maximum atomic E-state index is 10.6. The van der Waals surface area contributed by atoms with Gasteiger partial charge in [0.05, 0.1) is 11.8 Å². The Hall–Kier alpha value is -1.65. The van der Waals surface area contributed by atoms with Crippen molar-refractivity contribution in [3.63, 3.8) is 0 Å². The monoisotopic (exact) mass is 299 g/mol. The van der Waals surface area contributed by atoms with Crippen molar-refractivity contribution in [2.24, 2.45) is 7.05 Å². The van der Waals surface area contributed by atoms with Crippen LogP contribution in [0.25, 0.3) is 0 Å². The zero-order chi connectivity index (χ0) is 15.9. The number of rotatable bonds is 4. The summed E-state index contributed by atoms with van der Waals surface area (Å²) in [6.07, 6.45) is 2.60. The molecule has 0 aliphatic heterocycles. The first kappa shape index (κ1) is 15.3. The number of fused-ring (bicyclic) bond motifs is 1. The van der Waals surface area contributed by atoms with Gasteiger partial charge in [0.15, 0.2) is 0 Å². The quantitative estimate of drug-likeness (QED) is 0.943. The van der Waals surface area contributed by atoms with Crippen LogP contribution in [0.1, 0.15) is 48.3 Å². The van der Waals surface area contributed by atoms with Crippen LogP contribution >= 0.6 is 0 Å². The van der Waals surface area contributed by atoms with Crippen LogP contribution in [0.2, 0.25) is 0 Å². The Morgan fingerprint density at radius 2 is 2.09 bits per heavy atom. The van der Waals surface area contributed by atoms with Gasteiger partial charge < -0.3 is 5.11 Å². The van der Waals surface area contributed by atoms with E-state index in [2.05, 4.69) is 43.2 Å². The van der Waals surface area contributed by atoms with E-state index in [9.17, 15) is 5.11 Å². The van der Waals surface area contributed by atoms with Gasteiger partial charge in [0.2, 0.25) is 0 Å². The van der Waals surface area contributed by atoms with Gasteiger partial charge in [-0.1, -0.05) is 38.1 Å². The highest BCUT2D eigenvalue weighted by molar-refractivity contribution is 5.36. The van der Waals surface area contributed by atoms with E-state index in [0.717, 1.165) is 24.2 Å². The molecule has 1 aliphatic carbocycles. The minimum Gasteiger partial charge on any atom is -0.387 e. The van der Waals surface area contributed by atoms with Crippen molar-refractivity contribution < 1.29 is 5.11 Å². The standard InChI is InChI=1S/C18H25N3O/c1-12(2)17-14(11-21(4)19-17)10-20(3)16-9-13-7-5-6-8-15(13)18(16)22/h5-8,11-12,16,18,22H,9-10H2,1-4H3/t16-,18+/m0/s1. The van der Waals surface area contributed by atoms with Crippen molar-refractivity contribution in [3.05, 3.63) is 52.8 Å². The fourth-order valence-electron chi connectivity index (χ4n) is 3.50. The second kappa shape index (κ2) is 5.86. The highest BCUT2D eigenvalue weighted by atomic mass is 16.3. The summed E-state index contributed by atoms with van der Waals surface area (Å²) in [6, 6.07) is 8.35. The molecule has 1 aromatic carbocycles. The summed E-state index contributed by atoms with van der Waals surface area (Å²) >= 11 is 0. The van der Waals surface area contributed by atoms with E-state index in [1.54, 1.807) is 0 Å². The Balaban J connectivity index is 1.78. The molecule has 0 saturated heterocycles. The first-order chi connectivity index (χ1) is 10.5. The molecule has 1 N–H and O–H groups in total. The third-order valence-electron chi connectivity index (χ3n) is 4.64. The molecular weight excluding hydrogens is 274 g/mol. The van der Waals surface area contributed by atoms with Crippen LogP contribution in [0.4, 0.5) is 0 Å². The van der Waals surface area contributed by atoms with E-state index < -0.39 is 6.10 Å². The Morgan fingerprint density at radius 1 is 1.36 bits per heavy atom. The van der Waals surface area contributed by atoms with Crippen LogP contribution in [0, 0.1) is 0 Å². The fourth-order valence-corrected chi connectivity index (χ4v) is 3.50. The Labute approximate surface area is 132 Å². The zero-order valence-corrected chi connectivity index (χ0v) is 13.8. The molecule has 1 aromatic heterocycles. The molecule has 2 atom stereocenters. The molecular formula is C18H25N3O. The number of aryl methyl sites for hydroxylation is 1. The average Bonchev–Trinajstić information content (AvgIpc) is 3.00. The molecule has 22 heavy (non-hydrogen) atoms. The highest BCUT2D eigenvalue weighted by Crippen LogP contribution is 2.34. The van der Waals surface area contributed by atoms with Crippen molar-refractivity contribution >= 4 is 0 Å². The summed E-state index contributed by atoms with van der Waals surface area (Å²) in [5, 5.41) is 15.2. The first-order valence-electron chi connectivity index (χ1n) is 7.96. The number of aromatic nitrogens is 2. The Kier molecular flexibility index (Phi) is 4.06. The van der Waals surface area contributed by atoms with E-state index in [-0.39, 0.29) is 6.04 Å². The Bertz CT molecular complexity index is 662. The molecule has 2 aromatic rings. The van der Waals surface area contributed by atoms with E-state index >= 15 is 0 Å². The number of nitrogens with zero attached hydrogens (tertiary/aromatic N) is 3. The van der Waals surface area contributed by atoms with Crippen LogP contribution in [0.15, 0.2) is 30.5 Å². The second-order valence-electron chi connectivity index (χ2n) is 6.70. The molecule has 0 fully saturated rings. The predicted octanol–water partition coefficient (Wildman–Crippen LogP) is 2.63. The minimum absolute atomic E-state index is 0.137. The van der Waals surface area contributed by atoms with Gasteiger partial charge in [-0.05, 0) is 30.5 Å². The Morgan fingerprint density at radius 3 is 2.77 bits per heavy atom. The lowest BCUT2D eigenvalue weighted by molar-refractivity contribution is 0.0719. The van der Waals surface area contributed by atoms with E-state index in [1.165, 1.54) is 11.1 Å². The fraction of sp³-hybridized carbons (Fsp3) is 0.500.